The zero-order valence-electron chi connectivity index (χ0n) is 11.7. The molecule has 2 N–H and O–H groups in total. The fourth-order valence-electron chi connectivity index (χ4n) is 2.61. The first kappa shape index (κ1) is 14.4. The summed E-state index contributed by atoms with van der Waals surface area (Å²) in [6, 6.07) is 2.00. The molecule has 0 aromatic heterocycles. The van der Waals surface area contributed by atoms with Gasteiger partial charge in [-0.15, -0.1) is 0 Å². The van der Waals surface area contributed by atoms with Gasteiger partial charge in [-0.05, 0) is 32.6 Å². The van der Waals surface area contributed by atoms with Crippen LogP contribution in [0.4, 0.5) is 8.78 Å². The van der Waals surface area contributed by atoms with E-state index in [0.29, 0.717) is 12.1 Å². The van der Waals surface area contributed by atoms with E-state index in [1.54, 1.807) is 6.92 Å². The molecule has 0 spiro atoms. The molecule has 0 bridgehead atoms. The molecule has 2 rings (SSSR count). The van der Waals surface area contributed by atoms with Crippen LogP contribution in [0.25, 0.3) is 0 Å². The van der Waals surface area contributed by atoms with Crippen molar-refractivity contribution in [1.82, 2.24) is 9.80 Å². The molecule has 0 saturated carbocycles. The van der Waals surface area contributed by atoms with Gasteiger partial charge >= 0.3 is 0 Å². The van der Waals surface area contributed by atoms with Crippen LogP contribution < -0.4 is 5.73 Å². The fraction of sp³-hybridized carbons (Fsp3) is 0.571. The van der Waals surface area contributed by atoms with Gasteiger partial charge in [-0.3, -0.25) is 4.90 Å². The molecule has 1 aliphatic heterocycles. The van der Waals surface area contributed by atoms with Gasteiger partial charge in [0, 0.05) is 31.2 Å². The highest BCUT2D eigenvalue weighted by Crippen LogP contribution is 2.27. The molecule has 3 nitrogen and oxygen atoms in total. The van der Waals surface area contributed by atoms with Gasteiger partial charge in [-0.2, -0.15) is 0 Å². The second kappa shape index (κ2) is 5.53. The summed E-state index contributed by atoms with van der Waals surface area (Å²) in [7, 11) is 3.94. The lowest BCUT2D eigenvalue weighted by Crippen LogP contribution is -2.54. The highest BCUT2D eigenvalue weighted by Gasteiger charge is 2.32. The summed E-state index contributed by atoms with van der Waals surface area (Å²) < 4.78 is 28.0. The van der Waals surface area contributed by atoms with Crippen molar-refractivity contribution in [3.05, 3.63) is 34.9 Å². The topological polar surface area (TPSA) is 32.5 Å². The Kier molecular flexibility index (Phi) is 4.18. The smallest absolute Gasteiger partial charge is 0.133 e. The van der Waals surface area contributed by atoms with E-state index in [0.717, 1.165) is 13.1 Å². The van der Waals surface area contributed by atoms with Gasteiger partial charge in [-0.1, -0.05) is 6.07 Å². The molecule has 5 heteroatoms. The van der Waals surface area contributed by atoms with Gasteiger partial charge in [0.05, 0.1) is 6.04 Å². The molecule has 1 fully saturated rings. The zero-order valence-corrected chi connectivity index (χ0v) is 11.7. The molecule has 2 unspecified atom stereocenters. The third-order valence-electron chi connectivity index (χ3n) is 3.97. The second-order valence-electron chi connectivity index (χ2n) is 5.43. The van der Waals surface area contributed by atoms with E-state index in [4.69, 9.17) is 5.73 Å². The molecule has 106 valence electrons. The lowest BCUT2D eigenvalue weighted by molar-refractivity contribution is 0.0956. The second-order valence-corrected chi connectivity index (χ2v) is 5.43. The van der Waals surface area contributed by atoms with Gasteiger partial charge < -0.3 is 10.6 Å². The average Bonchev–Trinajstić information content (AvgIpc) is 2.37. The largest absolute Gasteiger partial charge is 0.322 e. The van der Waals surface area contributed by atoms with Crippen LogP contribution in [-0.2, 0) is 0 Å². The van der Waals surface area contributed by atoms with Crippen molar-refractivity contribution >= 4 is 0 Å². The quantitative estimate of drug-likeness (QED) is 0.883. The maximum atomic E-state index is 14.1. The van der Waals surface area contributed by atoms with Crippen LogP contribution in [0.1, 0.15) is 17.2 Å². The Balaban J connectivity index is 2.33. The number of likely N-dealkylation sites (N-methyl/N-ethyl adjacent to an activating group) is 2. The van der Waals surface area contributed by atoms with Gasteiger partial charge in [0.15, 0.2) is 0 Å². The molecule has 19 heavy (non-hydrogen) atoms. The monoisotopic (exact) mass is 269 g/mol. The van der Waals surface area contributed by atoms with Crippen molar-refractivity contribution in [1.29, 1.82) is 0 Å². The molecule has 0 aliphatic carbocycles. The predicted octanol–water partition coefficient (Wildman–Crippen LogP) is 1.52. The number of nitrogens with two attached hydrogens (primary N) is 1. The minimum atomic E-state index is -0.660. The normalized spacial score (nSPS) is 23.6. The summed E-state index contributed by atoms with van der Waals surface area (Å²) in [6.07, 6.45) is 0. The van der Waals surface area contributed by atoms with Gasteiger partial charge in [0.25, 0.3) is 0 Å². The Hall–Kier alpha value is -1.04. The van der Waals surface area contributed by atoms with E-state index >= 15 is 0 Å². The molecular formula is C14H21F2N3. The van der Waals surface area contributed by atoms with Crippen molar-refractivity contribution in [3.8, 4) is 0 Å². The van der Waals surface area contributed by atoms with Crippen LogP contribution >= 0.6 is 0 Å². The Morgan fingerprint density at radius 2 is 1.95 bits per heavy atom. The number of benzene rings is 1. The summed E-state index contributed by atoms with van der Waals surface area (Å²) >= 11 is 0. The van der Waals surface area contributed by atoms with Crippen LogP contribution in [0.5, 0.6) is 0 Å². The molecular weight excluding hydrogens is 248 g/mol. The minimum Gasteiger partial charge on any atom is -0.322 e. The molecule has 1 aromatic carbocycles. The Labute approximate surface area is 113 Å². The number of halogens is 2. The Bertz CT molecular complexity index is 464. The zero-order chi connectivity index (χ0) is 14.2. The highest BCUT2D eigenvalue weighted by molar-refractivity contribution is 5.30. The summed E-state index contributed by atoms with van der Waals surface area (Å²) in [5.41, 5.74) is 6.58. The summed E-state index contributed by atoms with van der Waals surface area (Å²) in [6.45, 7) is 4.13. The number of hydrogen-bond acceptors (Lipinski definition) is 3. The van der Waals surface area contributed by atoms with Crippen molar-refractivity contribution in [2.24, 2.45) is 5.73 Å². The first-order valence-corrected chi connectivity index (χ1v) is 6.50. The Morgan fingerprint density at radius 3 is 2.63 bits per heavy atom. The van der Waals surface area contributed by atoms with Crippen LogP contribution in [-0.4, -0.2) is 49.6 Å². The van der Waals surface area contributed by atoms with Crippen molar-refractivity contribution in [2.45, 2.75) is 19.0 Å². The SMILES string of the molecule is Cc1ccc(F)c(C(N)C2CN(C)CCN2C)c1F. The third-order valence-corrected chi connectivity index (χ3v) is 3.97. The Morgan fingerprint density at radius 1 is 1.26 bits per heavy atom. The third kappa shape index (κ3) is 2.78. The van der Waals surface area contributed by atoms with Crippen LogP contribution in [0.2, 0.25) is 0 Å². The standard InChI is InChI=1S/C14H21F2N3/c1-9-4-5-10(15)12(13(9)16)14(17)11-8-18(2)6-7-19(11)3/h4-5,11,14H,6-8,17H2,1-3H3. The average molecular weight is 269 g/mol. The lowest BCUT2D eigenvalue weighted by Gasteiger charge is -2.41. The van der Waals surface area contributed by atoms with Gasteiger partial charge in [0.2, 0.25) is 0 Å². The van der Waals surface area contributed by atoms with Crippen LogP contribution in [0.15, 0.2) is 12.1 Å². The number of aryl methyl sites for hydroxylation is 1. The first-order valence-electron chi connectivity index (χ1n) is 6.50. The number of hydrogen-bond donors (Lipinski definition) is 1. The van der Waals surface area contributed by atoms with Crippen molar-refractivity contribution in [2.75, 3.05) is 33.7 Å². The number of piperazine rings is 1. The summed E-state index contributed by atoms with van der Waals surface area (Å²) in [4.78, 5) is 4.21. The minimum absolute atomic E-state index is 0.00662. The molecule has 1 saturated heterocycles. The summed E-state index contributed by atoms with van der Waals surface area (Å²) in [5.74, 6) is -1.08. The number of nitrogens with zero attached hydrogens (tertiary/aromatic N) is 2. The van der Waals surface area contributed by atoms with Crippen molar-refractivity contribution < 1.29 is 8.78 Å². The predicted molar refractivity (Wildman–Crippen MR) is 71.9 cm³/mol. The molecule has 2 atom stereocenters. The maximum absolute atomic E-state index is 14.1. The molecule has 1 aliphatic rings. The maximum Gasteiger partial charge on any atom is 0.133 e. The van der Waals surface area contributed by atoms with Gasteiger partial charge in [0.1, 0.15) is 11.6 Å². The highest BCUT2D eigenvalue weighted by atomic mass is 19.1. The van der Waals surface area contributed by atoms with E-state index < -0.39 is 17.7 Å². The fourth-order valence-corrected chi connectivity index (χ4v) is 2.61. The molecule has 1 heterocycles. The van der Waals surface area contributed by atoms with Crippen LogP contribution in [0.3, 0.4) is 0 Å². The molecule has 0 radical (unpaired) electrons. The van der Waals surface area contributed by atoms with E-state index in [1.165, 1.54) is 12.1 Å². The van der Waals surface area contributed by atoms with Gasteiger partial charge in [-0.25, -0.2) is 8.78 Å². The summed E-state index contributed by atoms with van der Waals surface area (Å²) in [5, 5.41) is 0. The van der Waals surface area contributed by atoms with Crippen LogP contribution in [0, 0.1) is 18.6 Å². The van der Waals surface area contributed by atoms with E-state index in [1.807, 2.05) is 14.1 Å². The molecule has 1 aromatic rings. The molecule has 0 amide bonds. The van der Waals surface area contributed by atoms with Crippen molar-refractivity contribution in [3.63, 3.8) is 0 Å². The van der Waals surface area contributed by atoms with E-state index in [2.05, 4.69) is 9.80 Å². The first-order chi connectivity index (χ1) is 8.91. The number of rotatable bonds is 2. The lowest BCUT2D eigenvalue weighted by atomic mass is 9.95. The van der Waals surface area contributed by atoms with E-state index in [-0.39, 0.29) is 11.6 Å². The van der Waals surface area contributed by atoms with E-state index in [9.17, 15) is 8.78 Å².